The Morgan fingerprint density at radius 2 is 0.579 bits per heavy atom. The van der Waals surface area contributed by atoms with Crippen LogP contribution in [0.2, 0.25) is 0 Å². The molecule has 43 heteroatoms. The van der Waals surface area contributed by atoms with Crippen LogP contribution in [0.3, 0.4) is 0 Å². The highest BCUT2D eigenvalue weighted by Gasteiger charge is 2.59. The van der Waals surface area contributed by atoms with Crippen molar-refractivity contribution in [3.63, 3.8) is 0 Å². The predicted molar refractivity (Wildman–Crippen MR) is 288 cm³/mol. The van der Waals surface area contributed by atoms with Gasteiger partial charge in [0.05, 0.1) is 52.9 Å². The van der Waals surface area contributed by atoms with Gasteiger partial charge in [-0.1, -0.05) is 0 Å². The minimum Gasteiger partial charge on any atom is -0.394 e. The molecule has 0 bridgehead atoms. The molecular formula is C52H88N2O41. The Morgan fingerprint density at radius 1 is 0.274 bits per heavy atom. The molecule has 0 spiro atoms. The number of carbonyl (C=O) groups excluding carboxylic acids is 2. The van der Waals surface area contributed by atoms with Crippen molar-refractivity contribution in [3.8, 4) is 0 Å². The number of amides is 2. The van der Waals surface area contributed by atoms with Crippen molar-refractivity contribution >= 4 is 11.8 Å². The smallest absolute Gasteiger partial charge is 0.217 e. The molecule has 26 N–H and O–H groups in total. The maximum Gasteiger partial charge on any atom is 0.217 e. The number of aliphatic hydroxyl groups is 24. The van der Waals surface area contributed by atoms with Gasteiger partial charge in [0.15, 0.2) is 50.3 Å². The molecule has 8 heterocycles. The van der Waals surface area contributed by atoms with Crippen molar-refractivity contribution in [1.29, 1.82) is 0 Å². The van der Waals surface area contributed by atoms with Crippen molar-refractivity contribution in [2.45, 2.75) is 259 Å². The summed E-state index contributed by atoms with van der Waals surface area (Å²) in [6, 6.07) is -3.46. The minimum atomic E-state index is -2.46. The fourth-order valence-corrected chi connectivity index (χ4v) is 12.0. The Balaban J connectivity index is 1.07. The second-order valence-electron chi connectivity index (χ2n) is 23.9. The summed E-state index contributed by atoms with van der Waals surface area (Å²) < 4.78 is 86.4. The van der Waals surface area contributed by atoms with Crippen molar-refractivity contribution < 1.29 is 203 Å². The predicted octanol–water partition coefficient (Wildman–Crippen LogP) is -18.2. The average molecular weight is 1400 g/mol. The zero-order chi connectivity index (χ0) is 69.9. The minimum absolute atomic E-state index is 0.760. The Morgan fingerprint density at radius 3 is 1.05 bits per heavy atom. The second-order valence-corrected chi connectivity index (χ2v) is 23.9. The summed E-state index contributed by atoms with van der Waals surface area (Å²) in [5.74, 6) is -1.66. The molecule has 0 unspecified atom stereocenters. The highest BCUT2D eigenvalue weighted by Crippen LogP contribution is 2.38. The zero-order valence-corrected chi connectivity index (χ0v) is 50.4. The lowest BCUT2D eigenvalue weighted by Crippen LogP contribution is -2.70. The lowest BCUT2D eigenvalue weighted by atomic mass is 9.94. The summed E-state index contributed by atoms with van der Waals surface area (Å²) in [4.78, 5) is 24.8. The van der Waals surface area contributed by atoms with Crippen LogP contribution >= 0.6 is 0 Å². The Kier molecular flexibility index (Phi) is 27.9. The first kappa shape index (κ1) is 78.1. The van der Waals surface area contributed by atoms with E-state index in [4.69, 9.17) is 71.1 Å². The molecule has 0 aromatic carbocycles. The van der Waals surface area contributed by atoms with Crippen molar-refractivity contribution in [2.24, 2.45) is 0 Å². The third kappa shape index (κ3) is 17.0. The van der Waals surface area contributed by atoms with Gasteiger partial charge in [-0.25, -0.2) is 0 Å². The highest BCUT2D eigenvalue weighted by atomic mass is 16.8. The molecule has 2 amide bonds. The lowest BCUT2D eigenvalue weighted by Gasteiger charge is -2.50. The number of ether oxygens (including phenoxy) is 15. The SMILES string of the molecule is CC(=O)N[C@@H]1[C@@H](O)[C@H](O[C@@H]2O[C@H](CO)[C@@H](O[C@H]3O[C@H](CO[C@H]4O[C@H](CO[C@H]5O[C@H](CO)[C@@H](O)[C@H](O)[C@@H]5O[C@H]5O[C@H](CO)[C@@H](O)[C@H](O)[C@@H]5O)[C@@H](O)[C@H](O)[C@@H]4O)[C@@H](O)[C@H](O[C@H]4O[C@H](CO)[C@@H](O)[C@H](O)[C@@H]4O[C@H]4O[C@H](CO)[C@@H](O)[C@H](O)[C@@H]4O)[C@@H]3O)[C@H](O)[C@H]2NC(C)=O)[C@@H](CO)O[C@H]1O. The van der Waals surface area contributed by atoms with Gasteiger partial charge in [-0.3, -0.25) is 9.59 Å². The van der Waals surface area contributed by atoms with Gasteiger partial charge in [-0.15, -0.1) is 0 Å². The maximum absolute atomic E-state index is 12.8. The van der Waals surface area contributed by atoms with Gasteiger partial charge in [0.1, 0.15) is 195 Å². The van der Waals surface area contributed by atoms with Crippen LogP contribution in [0.1, 0.15) is 13.8 Å². The molecule has 95 heavy (non-hydrogen) atoms. The quantitative estimate of drug-likeness (QED) is 0.0427. The molecule has 0 aromatic rings. The topological polar surface area (TPSA) is 682 Å². The fraction of sp³-hybridized carbons (Fsp3) is 0.962. The van der Waals surface area contributed by atoms with Gasteiger partial charge in [0.25, 0.3) is 0 Å². The Labute approximate surface area is 536 Å². The summed E-state index contributed by atoms with van der Waals surface area (Å²) in [6.45, 7) is -6.13. The number of hydrogen-bond donors (Lipinski definition) is 26. The maximum atomic E-state index is 12.8. The number of aliphatic hydroxyl groups excluding tert-OH is 24. The molecule has 552 valence electrons. The van der Waals surface area contributed by atoms with Crippen LogP contribution in [-0.4, -0.2) is 433 Å². The molecule has 8 aliphatic rings. The standard InChI is InChI=1S/C52H88N2O41/c1-11(61)53-21-29(69)40(17(7-59)83-45(21)80)91-46-22(54-12(2)62)30(70)41(18(8-60)88-46)92-50-39(79)42(93-52-44(35(75)26(66)16(6-58)87-52)95-49-38(78)32(72)24(64)14(4-56)85-49)28(68)20(90-50)10-81-47-36(76)33(73)27(67)19(89-47)9-82-51-43(34(74)25(65)15(5-57)86-51)94-48-37(77)31(71)23(63)13(3-55)84-48/h13-52,55-60,63-80H,3-10H2,1-2H3,(H,53,61)(H,54,62)/t13-,14-,15-,16-,17-,18-,19-,20-,21-,22-,23-,24-,25-,26-,27-,28-,29-,30-,31+,32+,33+,34+,35+,36+,37+,38+,39+,40-,41-,42+,43+,44+,45-,46+,47+,48-,49-,50-,51+,52-/m1/s1. The molecular weight excluding hydrogens is 1310 g/mol. The van der Waals surface area contributed by atoms with Crippen LogP contribution in [0.15, 0.2) is 0 Å². The van der Waals surface area contributed by atoms with E-state index < -0.39 is 310 Å². The molecule has 8 rings (SSSR count). The second kappa shape index (κ2) is 33.9. The number of carbonyl (C=O) groups is 2. The van der Waals surface area contributed by atoms with Crippen molar-refractivity contribution in [2.75, 3.05) is 52.9 Å². The zero-order valence-electron chi connectivity index (χ0n) is 50.4. The van der Waals surface area contributed by atoms with Crippen LogP contribution in [0.25, 0.3) is 0 Å². The van der Waals surface area contributed by atoms with Gasteiger partial charge >= 0.3 is 0 Å². The van der Waals surface area contributed by atoms with E-state index in [0.717, 1.165) is 13.8 Å². The van der Waals surface area contributed by atoms with Gasteiger partial charge in [-0.05, 0) is 0 Å². The summed E-state index contributed by atoms with van der Waals surface area (Å²) in [5.41, 5.74) is 0. The largest absolute Gasteiger partial charge is 0.394 e. The molecule has 8 aliphatic heterocycles. The third-order valence-electron chi connectivity index (χ3n) is 17.4. The van der Waals surface area contributed by atoms with Gasteiger partial charge in [-0.2, -0.15) is 0 Å². The molecule has 0 aromatic heterocycles. The lowest BCUT2D eigenvalue weighted by molar-refractivity contribution is -0.398. The number of hydrogen-bond acceptors (Lipinski definition) is 41. The summed E-state index contributed by atoms with van der Waals surface area (Å²) in [5, 5.41) is 265. The first-order valence-corrected chi connectivity index (χ1v) is 30.1. The van der Waals surface area contributed by atoms with E-state index in [2.05, 4.69) is 10.6 Å². The van der Waals surface area contributed by atoms with E-state index in [0.29, 0.717) is 0 Å². The summed E-state index contributed by atoms with van der Waals surface area (Å²) >= 11 is 0. The molecule has 0 saturated carbocycles. The molecule has 40 atom stereocenters. The van der Waals surface area contributed by atoms with Crippen LogP contribution in [0.4, 0.5) is 0 Å². The van der Waals surface area contributed by atoms with E-state index in [1.807, 2.05) is 0 Å². The number of nitrogens with one attached hydrogen (secondary N) is 2. The third-order valence-corrected chi connectivity index (χ3v) is 17.4. The van der Waals surface area contributed by atoms with E-state index in [-0.39, 0.29) is 0 Å². The van der Waals surface area contributed by atoms with Crippen LogP contribution < -0.4 is 10.6 Å². The summed E-state index contributed by atoms with van der Waals surface area (Å²) in [7, 11) is 0. The monoisotopic (exact) mass is 1400 g/mol. The molecule has 0 aliphatic carbocycles. The summed E-state index contributed by atoms with van der Waals surface area (Å²) in [6.07, 6.45) is -76.9. The molecule has 43 nitrogen and oxygen atoms in total. The average Bonchev–Trinajstić information content (AvgIpc) is 0.778. The van der Waals surface area contributed by atoms with E-state index in [9.17, 15) is 132 Å². The normalized spacial score (nSPS) is 50.8. The van der Waals surface area contributed by atoms with Gasteiger partial charge in [0, 0.05) is 13.8 Å². The highest BCUT2D eigenvalue weighted by molar-refractivity contribution is 5.73. The van der Waals surface area contributed by atoms with Crippen LogP contribution in [0.5, 0.6) is 0 Å². The Hall–Kier alpha value is -2.62. The first-order valence-electron chi connectivity index (χ1n) is 30.1. The van der Waals surface area contributed by atoms with Crippen LogP contribution in [-0.2, 0) is 80.6 Å². The fourth-order valence-electron chi connectivity index (χ4n) is 12.0. The van der Waals surface area contributed by atoms with E-state index >= 15 is 0 Å². The van der Waals surface area contributed by atoms with Crippen LogP contribution in [0, 0.1) is 0 Å². The van der Waals surface area contributed by atoms with Gasteiger partial charge < -0.3 is 204 Å². The van der Waals surface area contributed by atoms with Gasteiger partial charge in [0.2, 0.25) is 11.8 Å². The molecule has 8 saturated heterocycles. The van der Waals surface area contributed by atoms with E-state index in [1.165, 1.54) is 0 Å². The number of rotatable bonds is 24. The van der Waals surface area contributed by atoms with Crippen molar-refractivity contribution in [3.05, 3.63) is 0 Å². The Bertz CT molecular complexity index is 2380. The molecule has 8 fully saturated rings. The first-order chi connectivity index (χ1) is 44.9. The molecule has 0 radical (unpaired) electrons. The van der Waals surface area contributed by atoms with Crippen molar-refractivity contribution in [1.82, 2.24) is 10.6 Å². The van der Waals surface area contributed by atoms with E-state index in [1.54, 1.807) is 0 Å².